The predicted octanol–water partition coefficient (Wildman–Crippen LogP) is 4.35. The van der Waals surface area contributed by atoms with Crippen molar-refractivity contribution in [2.45, 2.75) is 58.4 Å². The highest BCUT2D eigenvalue weighted by Gasteiger charge is 2.22. The van der Waals surface area contributed by atoms with Gasteiger partial charge in [0.2, 0.25) is 0 Å². The first-order valence-corrected chi connectivity index (χ1v) is 7.33. The maximum absolute atomic E-state index is 5.98. The lowest BCUT2D eigenvalue weighted by Gasteiger charge is -2.31. The minimum Gasteiger partial charge on any atom is -0.398 e. The summed E-state index contributed by atoms with van der Waals surface area (Å²) in [5.41, 5.74) is 9.20. The third-order valence-electron chi connectivity index (χ3n) is 4.29. The zero-order valence-corrected chi connectivity index (χ0v) is 11.7. The molecule has 100 valence electrons. The molecule has 0 amide bonds. The van der Waals surface area contributed by atoms with Gasteiger partial charge in [-0.25, -0.2) is 0 Å². The van der Waals surface area contributed by atoms with Gasteiger partial charge in [0, 0.05) is 17.4 Å². The number of hydrogen-bond donors (Lipinski definition) is 2. The summed E-state index contributed by atoms with van der Waals surface area (Å²) >= 11 is 0. The molecule has 2 rings (SSSR count). The van der Waals surface area contributed by atoms with Crippen LogP contribution in [0.15, 0.2) is 18.2 Å². The topological polar surface area (TPSA) is 38.0 Å². The van der Waals surface area contributed by atoms with Gasteiger partial charge >= 0.3 is 0 Å². The summed E-state index contributed by atoms with van der Waals surface area (Å²) in [4.78, 5) is 0. The molecule has 0 radical (unpaired) electrons. The monoisotopic (exact) mass is 246 g/mol. The van der Waals surface area contributed by atoms with E-state index in [4.69, 9.17) is 5.73 Å². The fourth-order valence-corrected chi connectivity index (χ4v) is 3.03. The van der Waals surface area contributed by atoms with E-state index in [9.17, 15) is 0 Å². The Bertz CT molecular complexity index is 381. The Balaban J connectivity index is 2.02. The molecule has 0 aromatic heterocycles. The van der Waals surface area contributed by atoms with Gasteiger partial charge in [-0.3, -0.25) is 0 Å². The van der Waals surface area contributed by atoms with Crippen molar-refractivity contribution in [2.75, 3.05) is 11.1 Å². The van der Waals surface area contributed by atoms with Crippen molar-refractivity contribution in [1.29, 1.82) is 0 Å². The molecule has 1 aliphatic rings. The third-order valence-corrected chi connectivity index (χ3v) is 4.29. The first-order valence-electron chi connectivity index (χ1n) is 7.33. The van der Waals surface area contributed by atoms with E-state index in [1.807, 2.05) is 0 Å². The SMILES string of the molecule is CCC(Nc1ccc(C)c(N)c1)C1CCCCC1. The van der Waals surface area contributed by atoms with Crippen LogP contribution in [0.1, 0.15) is 51.0 Å². The molecule has 1 aromatic carbocycles. The van der Waals surface area contributed by atoms with Gasteiger partial charge in [0.15, 0.2) is 0 Å². The zero-order chi connectivity index (χ0) is 13.0. The second-order valence-electron chi connectivity index (χ2n) is 5.63. The van der Waals surface area contributed by atoms with E-state index in [0.717, 1.165) is 17.2 Å². The molecule has 2 heteroatoms. The van der Waals surface area contributed by atoms with Crippen LogP contribution >= 0.6 is 0 Å². The summed E-state index contributed by atoms with van der Waals surface area (Å²) in [6, 6.07) is 6.93. The fraction of sp³-hybridized carbons (Fsp3) is 0.625. The van der Waals surface area contributed by atoms with Crippen molar-refractivity contribution in [1.82, 2.24) is 0 Å². The molecular weight excluding hydrogens is 220 g/mol. The lowest BCUT2D eigenvalue weighted by molar-refractivity contribution is 0.313. The summed E-state index contributed by atoms with van der Waals surface area (Å²) in [7, 11) is 0. The Morgan fingerprint density at radius 3 is 2.61 bits per heavy atom. The highest BCUT2D eigenvalue weighted by Crippen LogP contribution is 2.30. The highest BCUT2D eigenvalue weighted by molar-refractivity contribution is 5.58. The second-order valence-corrected chi connectivity index (χ2v) is 5.63. The lowest BCUT2D eigenvalue weighted by atomic mass is 9.83. The molecule has 1 atom stereocenters. The van der Waals surface area contributed by atoms with Crippen molar-refractivity contribution >= 4 is 11.4 Å². The number of rotatable bonds is 4. The minimum atomic E-state index is 0.604. The van der Waals surface area contributed by atoms with Crippen molar-refractivity contribution in [3.05, 3.63) is 23.8 Å². The number of anilines is 2. The van der Waals surface area contributed by atoms with Crippen LogP contribution in [0.2, 0.25) is 0 Å². The molecule has 3 N–H and O–H groups in total. The first kappa shape index (κ1) is 13.3. The molecule has 1 saturated carbocycles. The van der Waals surface area contributed by atoms with E-state index in [-0.39, 0.29) is 0 Å². The van der Waals surface area contributed by atoms with Gasteiger partial charge < -0.3 is 11.1 Å². The molecule has 0 aliphatic heterocycles. The molecule has 1 aromatic rings. The van der Waals surface area contributed by atoms with Crippen molar-refractivity contribution in [3.63, 3.8) is 0 Å². The summed E-state index contributed by atoms with van der Waals surface area (Å²) in [5.74, 6) is 0.839. The van der Waals surface area contributed by atoms with Gasteiger partial charge in [-0.2, -0.15) is 0 Å². The molecule has 2 nitrogen and oxygen atoms in total. The highest BCUT2D eigenvalue weighted by atomic mass is 14.9. The van der Waals surface area contributed by atoms with Crippen LogP contribution < -0.4 is 11.1 Å². The van der Waals surface area contributed by atoms with Gasteiger partial charge in [-0.15, -0.1) is 0 Å². The van der Waals surface area contributed by atoms with E-state index in [1.54, 1.807) is 0 Å². The van der Waals surface area contributed by atoms with Crippen LogP contribution in [0.3, 0.4) is 0 Å². The maximum atomic E-state index is 5.98. The van der Waals surface area contributed by atoms with E-state index in [0.29, 0.717) is 6.04 Å². The normalized spacial score (nSPS) is 18.6. The average molecular weight is 246 g/mol. The van der Waals surface area contributed by atoms with Crippen molar-refractivity contribution in [2.24, 2.45) is 5.92 Å². The molecule has 1 fully saturated rings. The maximum Gasteiger partial charge on any atom is 0.0364 e. The molecule has 0 spiro atoms. The van der Waals surface area contributed by atoms with E-state index >= 15 is 0 Å². The zero-order valence-electron chi connectivity index (χ0n) is 11.7. The molecule has 1 aliphatic carbocycles. The van der Waals surface area contributed by atoms with Gasteiger partial charge in [-0.1, -0.05) is 32.3 Å². The standard InChI is InChI=1S/C16H26N2/c1-3-16(13-7-5-4-6-8-13)18-14-10-9-12(2)15(17)11-14/h9-11,13,16,18H,3-8,17H2,1-2H3. The summed E-state index contributed by atoms with van der Waals surface area (Å²) in [6.07, 6.45) is 8.18. The van der Waals surface area contributed by atoms with Crippen LogP contribution in [-0.4, -0.2) is 6.04 Å². The number of hydrogen-bond acceptors (Lipinski definition) is 2. The molecule has 0 saturated heterocycles. The number of nitrogens with one attached hydrogen (secondary N) is 1. The van der Waals surface area contributed by atoms with E-state index in [2.05, 4.69) is 37.4 Å². The largest absolute Gasteiger partial charge is 0.398 e. The molecular formula is C16H26N2. The van der Waals surface area contributed by atoms with Gasteiger partial charge in [-0.05, 0) is 49.8 Å². The smallest absolute Gasteiger partial charge is 0.0364 e. The summed E-state index contributed by atoms with van der Waals surface area (Å²) in [5, 5.41) is 3.69. The first-order chi connectivity index (χ1) is 8.70. The number of benzene rings is 1. The van der Waals surface area contributed by atoms with E-state index in [1.165, 1.54) is 44.2 Å². The van der Waals surface area contributed by atoms with Gasteiger partial charge in [0.05, 0.1) is 0 Å². The molecule has 0 heterocycles. The summed E-state index contributed by atoms with van der Waals surface area (Å²) < 4.78 is 0. The summed E-state index contributed by atoms with van der Waals surface area (Å²) in [6.45, 7) is 4.33. The Kier molecular flexibility index (Phi) is 4.51. The fourth-order valence-electron chi connectivity index (χ4n) is 3.03. The minimum absolute atomic E-state index is 0.604. The second kappa shape index (κ2) is 6.12. The third kappa shape index (κ3) is 3.18. The number of nitrogen functional groups attached to an aromatic ring is 1. The predicted molar refractivity (Wildman–Crippen MR) is 79.9 cm³/mol. The van der Waals surface area contributed by atoms with Crippen LogP contribution in [0, 0.1) is 12.8 Å². The van der Waals surface area contributed by atoms with Crippen LogP contribution in [0.5, 0.6) is 0 Å². The lowest BCUT2D eigenvalue weighted by Crippen LogP contribution is -2.30. The van der Waals surface area contributed by atoms with Crippen LogP contribution in [0.4, 0.5) is 11.4 Å². The average Bonchev–Trinajstić information content (AvgIpc) is 2.41. The Hall–Kier alpha value is -1.18. The Labute approximate surface area is 111 Å². The molecule has 0 bridgehead atoms. The Morgan fingerprint density at radius 2 is 2.00 bits per heavy atom. The number of aryl methyl sites for hydroxylation is 1. The van der Waals surface area contributed by atoms with E-state index < -0.39 is 0 Å². The quantitative estimate of drug-likeness (QED) is 0.775. The van der Waals surface area contributed by atoms with Crippen molar-refractivity contribution < 1.29 is 0 Å². The molecule has 18 heavy (non-hydrogen) atoms. The van der Waals surface area contributed by atoms with Crippen LogP contribution in [0.25, 0.3) is 0 Å². The van der Waals surface area contributed by atoms with Crippen molar-refractivity contribution in [3.8, 4) is 0 Å². The Morgan fingerprint density at radius 1 is 1.28 bits per heavy atom. The van der Waals surface area contributed by atoms with Crippen LogP contribution in [-0.2, 0) is 0 Å². The molecule has 1 unspecified atom stereocenters. The number of nitrogens with two attached hydrogens (primary N) is 1. The van der Waals surface area contributed by atoms with Gasteiger partial charge in [0.25, 0.3) is 0 Å². The van der Waals surface area contributed by atoms with Gasteiger partial charge in [0.1, 0.15) is 0 Å².